The molecule has 21 heavy (non-hydrogen) atoms. The summed E-state index contributed by atoms with van der Waals surface area (Å²) in [6, 6.07) is 10.9. The Kier molecular flexibility index (Phi) is 5.01. The summed E-state index contributed by atoms with van der Waals surface area (Å²) in [7, 11) is 2.13. The standard InChI is InChI=1S/C17H26N2O2/c1-17(2,3)16(20)21-19-11-10-15(13-19)18(4)12-14-8-6-5-7-9-14/h5-9,15H,10-13H2,1-4H3. The normalized spacial score (nSPS) is 20.0. The molecule has 116 valence electrons. The molecule has 1 aromatic carbocycles. The monoisotopic (exact) mass is 290 g/mol. The van der Waals surface area contributed by atoms with Crippen LogP contribution in [0.25, 0.3) is 0 Å². The fraction of sp³-hybridized carbons (Fsp3) is 0.588. The van der Waals surface area contributed by atoms with Gasteiger partial charge in [0.15, 0.2) is 0 Å². The van der Waals surface area contributed by atoms with Crippen molar-refractivity contribution in [3.63, 3.8) is 0 Å². The molecule has 1 aliphatic rings. The Morgan fingerprint density at radius 3 is 2.62 bits per heavy atom. The van der Waals surface area contributed by atoms with Crippen LogP contribution < -0.4 is 0 Å². The van der Waals surface area contributed by atoms with Gasteiger partial charge in [-0.05, 0) is 39.8 Å². The zero-order chi connectivity index (χ0) is 15.5. The Bertz CT molecular complexity index is 467. The lowest BCUT2D eigenvalue weighted by Crippen LogP contribution is -2.36. The van der Waals surface area contributed by atoms with Crippen molar-refractivity contribution in [1.29, 1.82) is 0 Å². The first-order valence-electron chi connectivity index (χ1n) is 7.58. The van der Waals surface area contributed by atoms with E-state index >= 15 is 0 Å². The number of rotatable bonds is 4. The highest BCUT2D eigenvalue weighted by Crippen LogP contribution is 2.21. The average molecular weight is 290 g/mol. The Morgan fingerprint density at radius 1 is 1.33 bits per heavy atom. The van der Waals surface area contributed by atoms with Crippen molar-refractivity contribution in [3.8, 4) is 0 Å². The molecule has 0 bridgehead atoms. The SMILES string of the molecule is CN(Cc1ccccc1)C1CCN(OC(=O)C(C)(C)C)C1. The maximum absolute atomic E-state index is 11.9. The number of benzene rings is 1. The first-order valence-corrected chi connectivity index (χ1v) is 7.58. The molecule has 1 atom stereocenters. The maximum atomic E-state index is 11.9. The lowest BCUT2D eigenvalue weighted by atomic mass is 9.98. The van der Waals surface area contributed by atoms with Crippen LogP contribution in [0.15, 0.2) is 30.3 Å². The summed E-state index contributed by atoms with van der Waals surface area (Å²) < 4.78 is 0. The van der Waals surface area contributed by atoms with Gasteiger partial charge in [0.05, 0.1) is 12.0 Å². The molecule has 0 saturated carbocycles. The minimum absolute atomic E-state index is 0.158. The van der Waals surface area contributed by atoms with Gasteiger partial charge in [0.25, 0.3) is 0 Å². The predicted molar refractivity (Wildman–Crippen MR) is 83.4 cm³/mol. The van der Waals surface area contributed by atoms with E-state index in [9.17, 15) is 4.79 Å². The van der Waals surface area contributed by atoms with Crippen molar-refractivity contribution in [3.05, 3.63) is 35.9 Å². The predicted octanol–water partition coefficient (Wildman–Crippen LogP) is 2.70. The van der Waals surface area contributed by atoms with Gasteiger partial charge in [-0.3, -0.25) is 4.90 Å². The van der Waals surface area contributed by atoms with Crippen LogP contribution in [0.3, 0.4) is 0 Å². The molecule has 1 saturated heterocycles. The summed E-state index contributed by atoms with van der Waals surface area (Å²) in [5.41, 5.74) is 0.860. The summed E-state index contributed by atoms with van der Waals surface area (Å²) in [4.78, 5) is 19.7. The fourth-order valence-electron chi connectivity index (χ4n) is 2.41. The highest BCUT2D eigenvalue weighted by atomic mass is 16.7. The number of likely N-dealkylation sites (N-methyl/N-ethyl adjacent to an activating group) is 1. The molecule has 0 spiro atoms. The zero-order valence-electron chi connectivity index (χ0n) is 13.5. The average Bonchev–Trinajstić information content (AvgIpc) is 2.87. The molecule has 0 N–H and O–H groups in total. The third-order valence-corrected chi connectivity index (χ3v) is 3.85. The Hall–Kier alpha value is -1.39. The molecule has 1 aliphatic heterocycles. The van der Waals surface area contributed by atoms with Gasteiger partial charge in [-0.25, -0.2) is 4.79 Å². The van der Waals surface area contributed by atoms with Crippen LogP contribution in [0.1, 0.15) is 32.8 Å². The molecule has 1 unspecified atom stereocenters. The lowest BCUT2D eigenvalue weighted by Gasteiger charge is -2.25. The van der Waals surface area contributed by atoms with Crippen LogP contribution in [0.2, 0.25) is 0 Å². The second-order valence-corrected chi connectivity index (χ2v) is 6.86. The second-order valence-electron chi connectivity index (χ2n) is 6.86. The first kappa shape index (κ1) is 16.0. The van der Waals surface area contributed by atoms with E-state index in [1.54, 1.807) is 5.06 Å². The van der Waals surface area contributed by atoms with Gasteiger partial charge in [0.1, 0.15) is 0 Å². The smallest absolute Gasteiger partial charge is 0.330 e. The molecule has 2 rings (SSSR count). The molecular formula is C17H26N2O2. The van der Waals surface area contributed by atoms with Crippen molar-refractivity contribution in [2.75, 3.05) is 20.1 Å². The zero-order valence-corrected chi connectivity index (χ0v) is 13.5. The number of carbonyl (C=O) groups excluding carboxylic acids is 1. The number of hydroxylamine groups is 2. The van der Waals surface area contributed by atoms with Crippen LogP contribution in [0.5, 0.6) is 0 Å². The molecule has 0 aromatic heterocycles. The fourth-order valence-corrected chi connectivity index (χ4v) is 2.41. The number of nitrogens with zero attached hydrogens (tertiary/aromatic N) is 2. The molecule has 4 heteroatoms. The van der Waals surface area contributed by atoms with Crippen molar-refractivity contribution in [2.45, 2.75) is 39.8 Å². The lowest BCUT2D eigenvalue weighted by molar-refractivity contribution is -0.196. The number of hydrogen-bond donors (Lipinski definition) is 0. The van der Waals surface area contributed by atoms with Gasteiger partial charge in [-0.15, -0.1) is 5.06 Å². The largest absolute Gasteiger partial charge is 0.367 e. The third kappa shape index (κ3) is 4.55. The van der Waals surface area contributed by atoms with E-state index in [-0.39, 0.29) is 5.97 Å². The summed E-state index contributed by atoms with van der Waals surface area (Å²) in [6.45, 7) is 8.16. The van der Waals surface area contributed by atoms with E-state index in [0.717, 1.165) is 26.1 Å². The van der Waals surface area contributed by atoms with Gasteiger partial charge < -0.3 is 4.84 Å². The number of hydrogen-bond acceptors (Lipinski definition) is 4. The summed E-state index contributed by atoms with van der Waals surface area (Å²) in [5, 5.41) is 1.81. The molecular weight excluding hydrogens is 264 g/mol. The van der Waals surface area contributed by atoms with E-state index < -0.39 is 5.41 Å². The summed E-state index contributed by atoms with van der Waals surface area (Å²) >= 11 is 0. The Labute approximate surface area is 127 Å². The van der Waals surface area contributed by atoms with Crippen LogP contribution in [0, 0.1) is 5.41 Å². The maximum Gasteiger partial charge on any atom is 0.330 e. The highest BCUT2D eigenvalue weighted by Gasteiger charge is 2.31. The van der Waals surface area contributed by atoms with Gasteiger partial charge in [-0.1, -0.05) is 30.3 Å². The summed E-state index contributed by atoms with van der Waals surface area (Å²) in [5.74, 6) is -0.158. The van der Waals surface area contributed by atoms with Gasteiger partial charge in [-0.2, -0.15) is 0 Å². The molecule has 0 aliphatic carbocycles. The van der Waals surface area contributed by atoms with Gasteiger partial charge in [0, 0.05) is 19.1 Å². The number of carbonyl (C=O) groups is 1. The second kappa shape index (κ2) is 6.58. The highest BCUT2D eigenvalue weighted by molar-refractivity contribution is 5.75. The van der Waals surface area contributed by atoms with Crippen molar-refractivity contribution in [2.24, 2.45) is 5.41 Å². The van der Waals surface area contributed by atoms with Crippen molar-refractivity contribution in [1.82, 2.24) is 9.96 Å². The van der Waals surface area contributed by atoms with E-state index in [1.165, 1.54) is 5.56 Å². The van der Waals surface area contributed by atoms with Crippen molar-refractivity contribution >= 4 is 5.97 Å². The third-order valence-electron chi connectivity index (χ3n) is 3.85. The molecule has 1 fully saturated rings. The Morgan fingerprint density at radius 2 is 2.00 bits per heavy atom. The van der Waals surface area contributed by atoms with Crippen LogP contribution in [-0.2, 0) is 16.2 Å². The van der Waals surface area contributed by atoms with E-state index in [0.29, 0.717) is 6.04 Å². The van der Waals surface area contributed by atoms with E-state index in [2.05, 4.69) is 36.2 Å². The van der Waals surface area contributed by atoms with E-state index in [4.69, 9.17) is 4.84 Å². The first-order chi connectivity index (χ1) is 9.86. The van der Waals surface area contributed by atoms with Crippen LogP contribution >= 0.6 is 0 Å². The van der Waals surface area contributed by atoms with E-state index in [1.807, 2.05) is 26.8 Å². The molecule has 1 aromatic rings. The summed E-state index contributed by atoms with van der Waals surface area (Å²) in [6.07, 6.45) is 1.03. The van der Waals surface area contributed by atoms with Crippen molar-refractivity contribution < 1.29 is 9.63 Å². The Balaban J connectivity index is 1.83. The molecule has 0 radical (unpaired) electrons. The quantitative estimate of drug-likeness (QED) is 0.853. The van der Waals surface area contributed by atoms with Gasteiger partial charge in [0.2, 0.25) is 0 Å². The molecule has 0 amide bonds. The van der Waals surface area contributed by atoms with Gasteiger partial charge >= 0.3 is 5.97 Å². The van der Waals surface area contributed by atoms with Crippen LogP contribution in [0.4, 0.5) is 0 Å². The minimum atomic E-state index is -0.450. The topological polar surface area (TPSA) is 32.8 Å². The minimum Gasteiger partial charge on any atom is -0.367 e. The molecule has 1 heterocycles. The van der Waals surface area contributed by atoms with Crippen LogP contribution in [-0.4, -0.2) is 42.1 Å². The molecule has 4 nitrogen and oxygen atoms in total.